The van der Waals surface area contributed by atoms with E-state index in [0.717, 1.165) is 6.42 Å². The highest BCUT2D eigenvalue weighted by atomic mass is 32.2. The number of rotatable bonds is 9. The summed E-state index contributed by atoms with van der Waals surface area (Å²) in [7, 11) is 0.332. The van der Waals surface area contributed by atoms with Crippen molar-refractivity contribution in [3.8, 4) is 0 Å². The van der Waals surface area contributed by atoms with E-state index in [1.54, 1.807) is 6.92 Å². The molecule has 0 N–H and O–H groups in total. The molecule has 0 saturated carbocycles. The van der Waals surface area contributed by atoms with Gasteiger partial charge in [0.05, 0.1) is 19.6 Å². The molecule has 0 aliphatic carbocycles. The van der Waals surface area contributed by atoms with Crippen LogP contribution in [-0.4, -0.2) is 42.0 Å². The Morgan fingerprint density at radius 1 is 1.24 bits per heavy atom. The van der Waals surface area contributed by atoms with Gasteiger partial charge >= 0.3 is 5.97 Å². The molecular formula is C12H24O4S. The van der Waals surface area contributed by atoms with Crippen molar-refractivity contribution in [3.05, 3.63) is 0 Å². The van der Waals surface area contributed by atoms with Crippen LogP contribution in [-0.2, 0) is 25.1 Å². The molecule has 0 bridgehead atoms. The van der Waals surface area contributed by atoms with Gasteiger partial charge in [-0.05, 0) is 12.3 Å². The fourth-order valence-electron chi connectivity index (χ4n) is 1.20. The molecule has 102 valence electrons. The van der Waals surface area contributed by atoms with Crippen molar-refractivity contribution in [3.63, 3.8) is 0 Å². The van der Waals surface area contributed by atoms with Gasteiger partial charge in [-0.1, -0.05) is 20.8 Å². The molecule has 0 amide bonds. The third-order valence-corrected chi connectivity index (χ3v) is 3.83. The molecule has 2 unspecified atom stereocenters. The number of ether oxygens (including phenoxy) is 2. The molecule has 0 aliphatic rings. The van der Waals surface area contributed by atoms with E-state index in [9.17, 15) is 9.00 Å². The number of carbonyl (C=O) groups excluding carboxylic acids is 1. The third-order valence-electron chi connectivity index (χ3n) is 2.33. The second-order valence-corrected chi connectivity index (χ2v) is 6.15. The molecule has 4 nitrogen and oxygen atoms in total. The number of hydrogen-bond donors (Lipinski definition) is 0. The SMILES string of the molecule is COC(=O)C(C)CS(=O)CCOCCC(C)C. The summed E-state index contributed by atoms with van der Waals surface area (Å²) in [6, 6.07) is 0. The van der Waals surface area contributed by atoms with Gasteiger partial charge in [-0.15, -0.1) is 0 Å². The molecule has 5 heteroatoms. The highest BCUT2D eigenvalue weighted by molar-refractivity contribution is 7.85. The van der Waals surface area contributed by atoms with Gasteiger partial charge in [0.2, 0.25) is 0 Å². The predicted molar refractivity (Wildman–Crippen MR) is 69.3 cm³/mol. The summed E-state index contributed by atoms with van der Waals surface area (Å²) in [4.78, 5) is 11.1. The Bertz CT molecular complexity index is 241. The van der Waals surface area contributed by atoms with Gasteiger partial charge in [-0.2, -0.15) is 0 Å². The Hall–Kier alpha value is -0.420. The van der Waals surface area contributed by atoms with Crippen LogP contribution in [0.5, 0.6) is 0 Å². The van der Waals surface area contributed by atoms with Crippen molar-refractivity contribution in [2.24, 2.45) is 11.8 Å². The first-order valence-electron chi connectivity index (χ1n) is 5.98. The first-order valence-corrected chi connectivity index (χ1v) is 7.46. The van der Waals surface area contributed by atoms with Crippen LogP contribution < -0.4 is 0 Å². The average molecular weight is 264 g/mol. The molecule has 0 aromatic heterocycles. The molecule has 0 aliphatic heterocycles. The summed E-state index contributed by atoms with van der Waals surface area (Å²) in [6.07, 6.45) is 1.02. The second kappa shape index (κ2) is 9.59. The molecule has 0 rings (SSSR count). The van der Waals surface area contributed by atoms with Crippen LogP contribution in [0.3, 0.4) is 0 Å². The van der Waals surface area contributed by atoms with Crippen LogP contribution in [0.4, 0.5) is 0 Å². The summed E-state index contributed by atoms with van der Waals surface area (Å²) >= 11 is 0. The van der Waals surface area contributed by atoms with Crippen LogP contribution in [0.15, 0.2) is 0 Å². The third kappa shape index (κ3) is 9.30. The van der Waals surface area contributed by atoms with Crippen molar-refractivity contribution < 1.29 is 18.5 Å². The largest absolute Gasteiger partial charge is 0.469 e. The molecular weight excluding hydrogens is 240 g/mol. The molecule has 0 heterocycles. The quantitative estimate of drug-likeness (QED) is 0.469. The van der Waals surface area contributed by atoms with Gasteiger partial charge in [0.15, 0.2) is 0 Å². The standard InChI is InChI=1S/C12H24O4S/c1-10(2)5-6-16-7-8-17(14)9-11(3)12(13)15-4/h10-11H,5-9H2,1-4H3. The lowest BCUT2D eigenvalue weighted by molar-refractivity contribution is -0.144. The smallest absolute Gasteiger partial charge is 0.309 e. The second-order valence-electron chi connectivity index (χ2n) is 4.53. The van der Waals surface area contributed by atoms with Crippen LogP contribution in [0, 0.1) is 11.8 Å². The lowest BCUT2D eigenvalue weighted by atomic mass is 10.1. The van der Waals surface area contributed by atoms with Crippen molar-refractivity contribution in [1.29, 1.82) is 0 Å². The monoisotopic (exact) mass is 264 g/mol. The number of methoxy groups -OCH3 is 1. The minimum Gasteiger partial charge on any atom is -0.469 e. The van der Waals surface area contributed by atoms with E-state index in [4.69, 9.17) is 4.74 Å². The molecule has 2 atom stereocenters. The normalized spacial score (nSPS) is 14.6. The van der Waals surface area contributed by atoms with Gasteiger partial charge in [0.25, 0.3) is 0 Å². The van der Waals surface area contributed by atoms with E-state index < -0.39 is 10.8 Å². The fourth-order valence-corrected chi connectivity index (χ4v) is 2.37. The van der Waals surface area contributed by atoms with Crippen LogP contribution >= 0.6 is 0 Å². The lowest BCUT2D eigenvalue weighted by Gasteiger charge is -2.09. The van der Waals surface area contributed by atoms with Gasteiger partial charge in [0.1, 0.15) is 0 Å². The first kappa shape index (κ1) is 16.6. The Morgan fingerprint density at radius 2 is 1.88 bits per heavy atom. The topological polar surface area (TPSA) is 52.6 Å². The molecule has 0 aromatic rings. The highest BCUT2D eigenvalue weighted by Gasteiger charge is 2.16. The number of hydrogen-bond acceptors (Lipinski definition) is 4. The maximum Gasteiger partial charge on any atom is 0.309 e. The van der Waals surface area contributed by atoms with Gasteiger partial charge < -0.3 is 9.47 Å². The van der Waals surface area contributed by atoms with Crippen LogP contribution in [0.1, 0.15) is 27.2 Å². The molecule has 0 spiro atoms. The molecule has 0 radical (unpaired) electrons. The Kier molecular flexibility index (Phi) is 9.36. The highest BCUT2D eigenvalue weighted by Crippen LogP contribution is 2.02. The van der Waals surface area contributed by atoms with E-state index >= 15 is 0 Å². The fraction of sp³-hybridized carbons (Fsp3) is 0.917. The number of esters is 1. The Morgan fingerprint density at radius 3 is 2.41 bits per heavy atom. The molecule has 0 aromatic carbocycles. The minimum absolute atomic E-state index is 0.306. The molecule has 0 saturated heterocycles. The molecule has 17 heavy (non-hydrogen) atoms. The van der Waals surface area contributed by atoms with E-state index in [0.29, 0.717) is 30.6 Å². The first-order chi connectivity index (χ1) is 7.97. The molecule has 0 fully saturated rings. The maximum atomic E-state index is 11.6. The van der Waals surface area contributed by atoms with E-state index in [2.05, 4.69) is 18.6 Å². The van der Waals surface area contributed by atoms with Gasteiger partial charge in [0, 0.05) is 28.9 Å². The summed E-state index contributed by atoms with van der Waals surface area (Å²) in [5, 5.41) is 0. The lowest BCUT2D eigenvalue weighted by Crippen LogP contribution is -2.21. The number of carbonyl (C=O) groups is 1. The van der Waals surface area contributed by atoms with Crippen molar-refractivity contribution in [1.82, 2.24) is 0 Å². The summed E-state index contributed by atoms with van der Waals surface area (Å²) in [5.74, 6) is 0.843. The zero-order valence-corrected chi connectivity index (χ0v) is 12.0. The van der Waals surface area contributed by atoms with Crippen molar-refractivity contribution in [2.45, 2.75) is 27.2 Å². The van der Waals surface area contributed by atoms with Crippen LogP contribution in [0.2, 0.25) is 0 Å². The predicted octanol–water partition coefficient (Wildman–Crippen LogP) is 1.61. The Balaban J connectivity index is 3.56. The van der Waals surface area contributed by atoms with E-state index in [-0.39, 0.29) is 11.9 Å². The van der Waals surface area contributed by atoms with Crippen molar-refractivity contribution >= 4 is 16.8 Å². The summed E-state index contributed by atoms with van der Waals surface area (Å²) in [6.45, 7) is 7.21. The summed E-state index contributed by atoms with van der Waals surface area (Å²) in [5.41, 5.74) is 0. The van der Waals surface area contributed by atoms with Gasteiger partial charge in [-0.3, -0.25) is 9.00 Å². The maximum absolute atomic E-state index is 11.6. The van der Waals surface area contributed by atoms with E-state index in [1.807, 2.05) is 0 Å². The van der Waals surface area contributed by atoms with Crippen molar-refractivity contribution in [2.75, 3.05) is 31.8 Å². The Labute approximate surface area is 107 Å². The average Bonchev–Trinajstić information content (AvgIpc) is 2.26. The van der Waals surface area contributed by atoms with Gasteiger partial charge in [-0.25, -0.2) is 0 Å². The zero-order chi connectivity index (χ0) is 13.3. The minimum atomic E-state index is -1.01. The summed E-state index contributed by atoms with van der Waals surface area (Å²) < 4.78 is 21.5. The zero-order valence-electron chi connectivity index (χ0n) is 11.2. The van der Waals surface area contributed by atoms with E-state index in [1.165, 1.54) is 7.11 Å². The van der Waals surface area contributed by atoms with Crippen LogP contribution in [0.25, 0.3) is 0 Å².